The Kier molecular flexibility index (Phi) is 6.07. The molecular formula is C14H16N4O3. The highest BCUT2D eigenvalue weighted by Gasteiger charge is 2.07. The van der Waals surface area contributed by atoms with Gasteiger partial charge in [-0.15, -0.1) is 0 Å². The molecule has 0 atom stereocenters. The molecule has 0 saturated heterocycles. The zero-order chi connectivity index (χ0) is 14.4. The zero-order valence-corrected chi connectivity index (χ0v) is 11.3. The van der Waals surface area contributed by atoms with Crippen molar-refractivity contribution in [3.8, 4) is 17.2 Å². The van der Waals surface area contributed by atoms with Gasteiger partial charge in [-0.1, -0.05) is 0 Å². The maximum Gasteiger partial charge on any atom is 0.180 e. The van der Waals surface area contributed by atoms with Gasteiger partial charge in [0.1, 0.15) is 11.9 Å². The number of aliphatic hydroxyl groups is 1. The number of pyridine rings is 2. The Labute approximate surface area is 122 Å². The van der Waals surface area contributed by atoms with E-state index in [0.717, 1.165) is 11.1 Å². The number of rotatable bonds is 5. The van der Waals surface area contributed by atoms with Crippen LogP contribution in [0.5, 0.6) is 0 Å². The summed E-state index contributed by atoms with van der Waals surface area (Å²) in [4.78, 5) is 4.22. The standard InChI is InChI=1S/C14H14N4O2.H2O/c15-9-12-8-13(11-2-5-18(20)6-3-11)10-17-14(12)16-4-1-7-19;/h2-3,5-6,8,10,19H,1,4,7H2,(H,16,17);1H2. The molecule has 0 bridgehead atoms. The molecular weight excluding hydrogens is 272 g/mol. The molecule has 0 aliphatic carbocycles. The van der Waals surface area contributed by atoms with E-state index in [1.165, 1.54) is 12.4 Å². The summed E-state index contributed by atoms with van der Waals surface area (Å²) < 4.78 is 0.701. The van der Waals surface area contributed by atoms with E-state index in [-0.39, 0.29) is 12.1 Å². The molecule has 0 aliphatic rings. The molecule has 21 heavy (non-hydrogen) atoms. The summed E-state index contributed by atoms with van der Waals surface area (Å²) in [5.41, 5.74) is 2.03. The average Bonchev–Trinajstić information content (AvgIpc) is 2.48. The largest absolute Gasteiger partial charge is 0.619 e. The minimum absolute atomic E-state index is 0. The van der Waals surface area contributed by atoms with E-state index in [1.807, 2.05) is 0 Å². The highest BCUT2D eigenvalue weighted by molar-refractivity contribution is 5.67. The molecule has 2 aromatic rings. The summed E-state index contributed by atoms with van der Waals surface area (Å²) in [6, 6.07) is 7.15. The molecule has 2 rings (SSSR count). The van der Waals surface area contributed by atoms with Crippen molar-refractivity contribution in [2.75, 3.05) is 18.5 Å². The van der Waals surface area contributed by atoms with Gasteiger partial charge in [0.15, 0.2) is 12.4 Å². The molecule has 0 amide bonds. The molecule has 0 fully saturated rings. The highest BCUT2D eigenvalue weighted by atomic mass is 16.5. The summed E-state index contributed by atoms with van der Waals surface area (Å²) >= 11 is 0. The van der Waals surface area contributed by atoms with Crippen LogP contribution in [0.25, 0.3) is 11.1 Å². The fraction of sp³-hybridized carbons (Fsp3) is 0.214. The van der Waals surface area contributed by atoms with Crippen LogP contribution in [0, 0.1) is 16.5 Å². The first-order valence-corrected chi connectivity index (χ1v) is 6.18. The smallest absolute Gasteiger partial charge is 0.180 e. The summed E-state index contributed by atoms with van der Waals surface area (Å²) in [7, 11) is 0. The van der Waals surface area contributed by atoms with Gasteiger partial charge in [-0.05, 0) is 18.1 Å². The van der Waals surface area contributed by atoms with E-state index in [4.69, 9.17) is 10.4 Å². The van der Waals surface area contributed by atoms with Crippen molar-refractivity contribution in [2.24, 2.45) is 0 Å². The molecule has 0 spiro atoms. The van der Waals surface area contributed by atoms with E-state index in [2.05, 4.69) is 16.4 Å². The molecule has 0 unspecified atom stereocenters. The first kappa shape index (κ1) is 16.4. The van der Waals surface area contributed by atoms with Gasteiger partial charge in [-0.2, -0.15) is 9.99 Å². The Morgan fingerprint density at radius 3 is 2.67 bits per heavy atom. The maximum absolute atomic E-state index is 11.0. The van der Waals surface area contributed by atoms with Crippen molar-refractivity contribution in [1.82, 2.24) is 4.98 Å². The maximum atomic E-state index is 11.0. The van der Waals surface area contributed by atoms with Crippen LogP contribution in [0.4, 0.5) is 5.82 Å². The molecule has 0 saturated carbocycles. The molecule has 110 valence electrons. The van der Waals surface area contributed by atoms with Crippen LogP contribution >= 0.6 is 0 Å². The van der Waals surface area contributed by atoms with Crippen LogP contribution < -0.4 is 10.0 Å². The van der Waals surface area contributed by atoms with Gasteiger partial charge in [0.2, 0.25) is 0 Å². The van der Waals surface area contributed by atoms with Crippen LogP contribution in [0.3, 0.4) is 0 Å². The third kappa shape index (κ3) is 4.14. The summed E-state index contributed by atoms with van der Waals surface area (Å²) in [5, 5.41) is 31.9. The Bertz CT molecular complexity index is 623. The first-order valence-electron chi connectivity index (χ1n) is 6.18. The van der Waals surface area contributed by atoms with E-state index >= 15 is 0 Å². The summed E-state index contributed by atoms with van der Waals surface area (Å²) in [6.07, 6.45) is 5.03. The number of anilines is 1. The van der Waals surface area contributed by atoms with Gasteiger partial charge in [0.05, 0.1) is 5.56 Å². The zero-order valence-electron chi connectivity index (χ0n) is 11.3. The van der Waals surface area contributed by atoms with E-state index in [9.17, 15) is 5.21 Å². The van der Waals surface area contributed by atoms with Crippen molar-refractivity contribution in [2.45, 2.75) is 6.42 Å². The number of nitrogens with one attached hydrogen (secondary N) is 1. The second-order valence-electron chi connectivity index (χ2n) is 4.18. The van der Waals surface area contributed by atoms with E-state index in [0.29, 0.717) is 29.1 Å². The molecule has 0 aliphatic heterocycles. The highest BCUT2D eigenvalue weighted by Crippen LogP contribution is 2.21. The lowest BCUT2D eigenvalue weighted by Crippen LogP contribution is -2.23. The molecule has 0 radical (unpaired) electrons. The Balaban J connectivity index is 0.00000220. The molecule has 2 heterocycles. The van der Waals surface area contributed by atoms with Gasteiger partial charge >= 0.3 is 0 Å². The third-order valence-corrected chi connectivity index (χ3v) is 2.77. The van der Waals surface area contributed by atoms with Crippen LogP contribution in [0.2, 0.25) is 0 Å². The number of nitriles is 1. The fourth-order valence-corrected chi connectivity index (χ4v) is 1.74. The monoisotopic (exact) mass is 288 g/mol. The van der Waals surface area contributed by atoms with Gasteiger partial charge in [0, 0.05) is 37.0 Å². The lowest BCUT2D eigenvalue weighted by atomic mass is 10.1. The molecule has 0 aromatic carbocycles. The lowest BCUT2D eigenvalue weighted by molar-refractivity contribution is -0.605. The molecule has 4 N–H and O–H groups in total. The second-order valence-corrected chi connectivity index (χ2v) is 4.18. The van der Waals surface area contributed by atoms with Crippen molar-refractivity contribution < 1.29 is 15.3 Å². The predicted octanol–water partition coefficient (Wildman–Crippen LogP) is 0.223. The second kappa shape index (κ2) is 7.79. The van der Waals surface area contributed by atoms with Crippen LogP contribution in [-0.4, -0.2) is 28.7 Å². The molecule has 7 heteroatoms. The van der Waals surface area contributed by atoms with E-state index in [1.54, 1.807) is 24.4 Å². The van der Waals surface area contributed by atoms with Crippen LogP contribution in [0.15, 0.2) is 36.8 Å². The number of hydrogen-bond donors (Lipinski definition) is 2. The fourth-order valence-electron chi connectivity index (χ4n) is 1.74. The van der Waals surface area contributed by atoms with Gasteiger partial charge in [0.25, 0.3) is 0 Å². The van der Waals surface area contributed by atoms with Crippen molar-refractivity contribution in [3.63, 3.8) is 0 Å². The number of hydrogen-bond acceptors (Lipinski definition) is 5. The quantitative estimate of drug-likeness (QED) is 0.462. The molecule has 7 nitrogen and oxygen atoms in total. The minimum atomic E-state index is 0. The third-order valence-electron chi connectivity index (χ3n) is 2.77. The number of nitrogens with zero attached hydrogens (tertiary/aromatic N) is 3. The van der Waals surface area contributed by atoms with Crippen molar-refractivity contribution in [1.29, 1.82) is 5.26 Å². The van der Waals surface area contributed by atoms with Crippen LogP contribution in [-0.2, 0) is 0 Å². The molecule has 2 aromatic heterocycles. The Morgan fingerprint density at radius 1 is 1.33 bits per heavy atom. The Hall–Kier alpha value is -2.69. The lowest BCUT2D eigenvalue weighted by Gasteiger charge is -2.08. The van der Waals surface area contributed by atoms with Gasteiger partial charge in [-0.25, -0.2) is 4.98 Å². The van der Waals surface area contributed by atoms with Crippen LogP contribution in [0.1, 0.15) is 12.0 Å². The topological polar surface area (TPSA) is 127 Å². The number of aromatic nitrogens is 2. The number of aliphatic hydroxyl groups excluding tert-OH is 1. The first-order chi connectivity index (χ1) is 9.74. The van der Waals surface area contributed by atoms with E-state index < -0.39 is 0 Å². The van der Waals surface area contributed by atoms with Gasteiger partial charge in [-0.3, -0.25) is 0 Å². The van der Waals surface area contributed by atoms with Crippen molar-refractivity contribution in [3.05, 3.63) is 47.6 Å². The SMILES string of the molecule is N#Cc1cc(-c2cc[n+]([O-])cc2)cnc1NCCCO.O. The van der Waals surface area contributed by atoms with Crippen molar-refractivity contribution >= 4 is 5.82 Å². The summed E-state index contributed by atoms with van der Waals surface area (Å²) in [5.74, 6) is 0.500. The minimum Gasteiger partial charge on any atom is -0.619 e. The summed E-state index contributed by atoms with van der Waals surface area (Å²) in [6.45, 7) is 0.644. The average molecular weight is 288 g/mol. The van der Waals surface area contributed by atoms with Gasteiger partial charge < -0.3 is 21.1 Å². The Morgan fingerprint density at radius 2 is 2.05 bits per heavy atom. The normalized spacial score (nSPS) is 9.52. The predicted molar refractivity (Wildman–Crippen MR) is 77.2 cm³/mol.